The molecule has 3 nitrogen and oxygen atoms in total. The first kappa shape index (κ1) is 21.7. The summed E-state index contributed by atoms with van der Waals surface area (Å²) in [4.78, 5) is 11.0. The number of unbranched alkanes of at least 4 members (excludes halogenated alkanes) is 9. The molecule has 0 atom stereocenters. The molecule has 0 aromatic carbocycles. The van der Waals surface area contributed by atoms with Crippen LogP contribution in [-0.4, -0.2) is 48.7 Å². The molecule has 110 valence electrons. The van der Waals surface area contributed by atoms with E-state index in [1.165, 1.54) is 57.8 Å². The van der Waals surface area contributed by atoms with E-state index in [1.54, 1.807) is 0 Å². The molecular formula is C15H32NNaO2. The third-order valence-electron chi connectivity index (χ3n) is 3.11. The molecule has 0 fully saturated rings. The Morgan fingerprint density at radius 2 is 1.37 bits per heavy atom. The fraction of sp³-hybridized carbons (Fsp3) is 0.933. The second-order valence-corrected chi connectivity index (χ2v) is 4.94. The molecule has 0 unspecified atom stereocenters. The number of nitrogens with two attached hydrogens (primary N) is 1. The number of hydrogen-bond donors (Lipinski definition) is 1. The van der Waals surface area contributed by atoms with Crippen LogP contribution in [0.5, 0.6) is 0 Å². The van der Waals surface area contributed by atoms with Gasteiger partial charge in [0.05, 0.1) is 13.0 Å². The summed E-state index contributed by atoms with van der Waals surface area (Å²) in [6.45, 7) is 3.20. The quantitative estimate of drug-likeness (QED) is 0.320. The van der Waals surface area contributed by atoms with Gasteiger partial charge < -0.3 is 10.5 Å². The van der Waals surface area contributed by atoms with Gasteiger partial charge in [-0.15, -0.1) is 0 Å². The average molecular weight is 281 g/mol. The van der Waals surface area contributed by atoms with Gasteiger partial charge in [0.1, 0.15) is 0 Å². The van der Waals surface area contributed by atoms with Crippen molar-refractivity contribution >= 4 is 35.5 Å². The van der Waals surface area contributed by atoms with Gasteiger partial charge in [0, 0.05) is 6.54 Å². The van der Waals surface area contributed by atoms with Gasteiger partial charge >= 0.3 is 35.5 Å². The normalized spacial score (nSPS) is 10.0. The SMILES string of the molecule is CCCCCCCCCCCCOC(=O)CCN.[NaH]. The van der Waals surface area contributed by atoms with Gasteiger partial charge in [-0.1, -0.05) is 64.7 Å². The first-order valence-electron chi connectivity index (χ1n) is 7.67. The average Bonchev–Trinajstić information content (AvgIpc) is 2.36. The van der Waals surface area contributed by atoms with Gasteiger partial charge in [-0.3, -0.25) is 4.79 Å². The standard InChI is InChI=1S/C15H31NO2.Na.H/c1-2-3-4-5-6-7-8-9-10-11-14-18-15(17)12-13-16;;/h2-14,16H2,1H3;;. The molecule has 0 aliphatic rings. The van der Waals surface area contributed by atoms with Crippen LogP contribution in [0.1, 0.15) is 77.6 Å². The topological polar surface area (TPSA) is 52.3 Å². The number of esters is 1. The molecule has 0 saturated carbocycles. The Morgan fingerprint density at radius 1 is 0.895 bits per heavy atom. The molecule has 0 amide bonds. The van der Waals surface area contributed by atoms with Crippen LogP contribution in [-0.2, 0) is 9.53 Å². The van der Waals surface area contributed by atoms with E-state index in [4.69, 9.17) is 10.5 Å². The Bertz CT molecular complexity index is 189. The van der Waals surface area contributed by atoms with E-state index in [0.29, 0.717) is 19.6 Å². The Kier molecular flexibility index (Phi) is 21.1. The fourth-order valence-corrected chi connectivity index (χ4v) is 1.97. The fourth-order valence-electron chi connectivity index (χ4n) is 1.97. The molecule has 19 heavy (non-hydrogen) atoms. The van der Waals surface area contributed by atoms with E-state index in [9.17, 15) is 4.79 Å². The van der Waals surface area contributed by atoms with Crippen LogP contribution in [0.25, 0.3) is 0 Å². The van der Waals surface area contributed by atoms with Crippen molar-refractivity contribution in [2.75, 3.05) is 13.2 Å². The molecule has 0 aliphatic heterocycles. The van der Waals surface area contributed by atoms with E-state index in [0.717, 1.165) is 6.42 Å². The second-order valence-electron chi connectivity index (χ2n) is 4.94. The minimum absolute atomic E-state index is 0. The van der Waals surface area contributed by atoms with Crippen molar-refractivity contribution in [1.29, 1.82) is 0 Å². The molecular weight excluding hydrogens is 249 g/mol. The summed E-state index contributed by atoms with van der Waals surface area (Å²) < 4.78 is 5.04. The molecule has 0 saturated heterocycles. The molecule has 0 aromatic rings. The van der Waals surface area contributed by atoms with E-state index >= 15 is 0 Å². The van der Waals surface area contributed by atoms with Crippen molar-refractivity contribution in [3.8, 4) is 0 Å². The summed E-state index contributed by atoms with van der Waals surface area (Å²) in [5, 5.41) is 0. The van der Waals surface area contributed by atoms with Crippen molar-refractivity contribution in [3.63, 3.8) is 0 Å². The van der Waals surface area contributed by atoms with Crippen molar-refractivity contribution in [2.24, 2.45) is 5.73 Å². The molecule has 0 heterocycles. The molecule has 0 aromatic heterocycles. The zero-order chi connectivity index (χ0) is 13.5. The van der Waals surface area contributed by atoms with Crippen LogP contribution in [0.2, 0.25) is 0 Å². The van der Waals surface area contributed by atoms with Gasteiger partial charge in [0.25, 0.3) is 0 Å². The molecule has 0 rings (SSSR count). The Hall–Kier alpha value is 0.430. The van der Waals surface area contributed by atoms with Crippen LogP contribution in [0.15, 0.2) is 0 Å². The van der Waals surface area contributed by atoms with Crippen LogP contribution >= 0.6 is 0 Å². The van der Waals surface area contributed by atoms with Gasteiger partial charge in [-0.05, 0) is 6.42 Å². The predicted octanol–water partition coefficient (Wildman–Crippen LogP) is 3.15. The van der Waals surface area contributed by atoms with Gasteiger partial charge in [-0.2, -0.15) is 0 Å². The summed E-state index contributed by atoms with van der Waals surface area (Å²) in [5.41, 5.74) is 5.26. The van der Waals surface area contributed by atoms with Crippen molar-refractivity contribution < 1.29 is 9.53 Å². The van der Waals surface area contributed by atoms with Crippen LogP contribution in [0, 0.1) is 0 Å². The van der Waals surface area contributed by atoms with Crippen LogP contribution < -0.4 is 5.73 Å². The summed E-state index contributed by atoms with van der Waals surface area (Å²) in [5.74, 6) is -0.159. The van der Waals surface area contributed by atoms with Gasteiger partial charge in [0.15, 0.2) is 0 Å². The molecule has 0 bridgehead atoms. The minimum atomic E-state index is -0.159. The van der Waals surface area contributed by atoms with E-state index in [2.05, 4.69) is 6.92 Å². The Balaban J connectivity index is 0. The summed E-state index contributed by atoms with van der Waals surface area (Å²) >= 11 is 0. The molecule has 0 radical (unpaired) electrons. The number of carbonyl (C=O) groups excluding carboxylic acids is 1. The number of hydrogen-bond acceptors (Lipinski definition) is 3. The van der Waals surface area contributed by atoms with Crippen molar-refractivity contribution in [2.45, 2.75) is 77.6 Å². The zero-order valence-corrected chi connectivity index (χ0v) is 12.1. The molecule has 0 spiro atoms. The summed E-state index contributed by atoms with van der Waals surface area (Å²) in [6, 6.07) is 0. The number of carbonyl (C=O) groups is 1. The maximum atomic E-state index is 11.0. The first-order valence-corrected chi connectivity index (χ1v) is 7.67. The van der Waals surface area contributed by atoms with Crippen LogP contribution in [0.3, 0.4) is 0 Å². The third kappa shape index (κ3) is 18.4. The number of rotatable bonds is 13. The van der Waals surface area contributed by atoms with E-state index < -0.39 is 0 Å². The van der Waals surface area contributed by atoms with Crippen molar-refractivity contribution in [3.05, 3.63) is 0 Å². The zero-order valence-electron chi connectivity index (χ0n) is 12.1. The molecule has 4 heteroatoms. The maximum absolute atomic E-state index is 11.0. The molecule has 0 aliphatic carbocycles. The van der Waals surface area contributed by atoms with E-state index in [-0.39, 0.29) is 35.5 Å². The first-order chi connectivity index (χ1) is 8.81. The number of ether oxygens (including phenoxy) is 1. The van der Waals surface area contributed by atoms with Gasteiger partial charge in [0.2, 0.25) is 0 Å². The van der Waals surface area contributed by atoms with Crippen molar-refractivity contribution in [1.82, 2.24) is 0 Å². The summed E-state index contributed by atoms with van der Waals surface area (Å²) in [7, 11) is 0. The Morgan fingerprint density at radius 3 is 1.84 bits per heavy atom. The molecule has 2 N–H and O–H groups in total. The monoisotopic (exact) mass is 281 g/mol. The van der Waals surface area contributed by atoms with E-state index in [1.807, 2.05) is 0 Å². The Labute approximate surface area is 141 Å². The van der Waals surface area contributed by atoms with Crippen LogP contribution in [0.4, 0.5) is 0 Å². The predicted molar refractivity (Wildman–Crippen MR) is 83.6 cm³/mol. The summed E-state index contributed by atoms with van der Waals surface area (Å²) in [6.07, 6.45) is 13.3. The second kappa shape index (κ2) is 18.4. The van der Waals surface area contributed by atoms with Gasteiger partial charge in [-0.25, -0.2) is 0 Å². The third-order valence-corrected chi connectivity index (χ3v) is 3.11.